The Morgan fingerprint density at radius 3 is 2.74 bits per heavy atom. The van der Waals surface area contributed by atoms with Crippen LogP contribution in [0.5, 0.6) is 0 Å². The molecule has 6 heteroatoms. The number of rotatable bonds is 3. The van der Waals surface area contributed by atoms with E-state index in [2.05, 4.69) is 5.10 Å². The van der Waals surface area contributed by atoms with Crippen molar-refractivity contribution in [3.05, 3.63) is 47.5 Å². The van der Waals surface area contributed by atoms with E-state index in [-0.39, 0.29) is 23.8 Å². The molecule has 2 rings (SSSR count). The van der Waals surface area contributed by atoms with Crippen LogP contribution < -0.4 is 5.73 Å². The first-order chi connectivity index (χ1) is 9.02. The standard InChI is InChI=1S/C13H15FN4O/c1-17(2)13(19)11-5-6-18(16-11)12-4-3-9(8-15)7-10(12)14/h3-7H,8,15H2,1-2H3. The van der Waals surface area contributed by atoms with E-state index in [4.69, 9.17) is 5.73 Å². The van der Waals surface area contributed by atoms with Crippen LogP contribution in [-0.2, 0) is 6.54 Å². The van der Waals surface area contributed by atoms with Gasteiger partial charge in [-0.1, -0.05) is 6.07 Å². The van der Waals surface area contributed by atoms with Gasteiger partial charge in [0.15, 0.2) is 5.69 Å². The maximum atomic E-state index is 13.9. The first kappa shape index (κ1) is 13.2. The highest BCUT2D eigenvalue weighted by molar-refractivity contribution is 5.91. The molecule has 0 saturated heterocycles. The van der Waals surface area contributed by atoms with E-state index in [0.717, 1.165) is 0 Å². The van der Waals surface area contributed by atoms with Crippen LogP contribution in [0.25, 0.3) is 5.69 Å². The van der Waals surface area contributed by atoms with Crippen molar-refractivity contribution in [1.82, 2.24) is 14.7 Å². The van der Waals surface area contributed by atoms with Gasteiger partial charge in [-0.25, -0.2) is 9.07 Å². The van der Waals surface area contributed by atoms with Gasteiger partial charge in [0.1, 0.15) is 11.5 Å². The summed E-state index contributed by atoms with van der Waals surface area (Å²) in [5, 5.41) is 4.07. The molecular formula is C13H15FN4O. The van der Waals surface area contributed by atoms with Crippen LogP contribution >= 0.6 is 0 Å². The lowest BCUT2D eigenvalue weighted by Gasteiger charge is -2.07. The molecule has 0 radical (unpaired) electrons. The van der Waals surface area contributed by atoms with Crippen molar-refractivity contribution in [2.24, 2.45) is 5.73 Å². The first-order valence-electron chi connectivity index (χ1n) is 5.79. The SMILES string of the molecule is CN(C)C(=O)c1ccn(-c2ccc(CN)cc2F)n1. The van der Waals surface area contributed by atoms with Gasteiger partial charge in [0, 0.05) is 26.8 Å². The number of halogens is 1. The highest BCUT2D eigenvalue weighted by Gasteiger charge is 2.13. The van der Waals surface area contributed by atoms with E-state index in [1.54, 1.807) is 38.5 Å². The number of benzene rings is 1. The number of nitrogens with zero attached hydrogens (tertiary/aromatic N) is 3. The van der Waals surface area contributed by atoms with E-state index in [9.17, 15) is 9.18 Å². The first-order valence-corrected chi connectivity index (χ1v) is 5.79. The molecule has 1 aromatic carbocycles. The summed E-state index contributed by atoms with van der Waals surface area (Å²) in [6.45, 7) is 0.278. The second-order valence-electron chi connectivity index (χ2n) is 4.34. The normalized spacial score (nSPS) is 10.5. The molecular weight excluding hydrogens is 247 g/mol. The fourth-order valence-corrected chi connectivity index (χ4v) is 1.66. The molecule has 0 spiro atoms. The number of carbonyl (C=O) groups excluding carboxylic acids is 1. The summed E-state index contributed by atoms with van der Waals surface area (Å²) in [6.07, 6.45) is 1.55. The summed E-state index contributed by atoms with van der Waals surface area (Å²) < 4.78 is 15.2. The van der Waals surface area contributed by atoms with Crippen LogP contribution in [0.3, 0.4) is 0 Å². The summed E-state index contributed by atoms with van der Waals surface area (Å²) >= 11 is 0. The van der Waals surface area contributed by atoms with Crippen LogP contribution in [-0.4, -0.2) is 34.7 Å². The molecule has 0 aliphatic rings. The zero-order chi connectivity index (χ0) is 14.0. The second kappa shape index (κ2) is 5.19. The lowest BCUT2D eigenvalue weighted by molar-refractivity contribution is 0.0821. The molecule has 1 heterocycles. The van der Waals surface area contributed by atoms with E-state index >= 15 is 0 Å². The topological polar surface area (TPSA) is 64.2 Å². The average molecular weight is 262 g/mol. The quantitative estimate of drug-likeness (QED) is 0.903. The summed E-state index contributed by atoms with van der Waals surface area (Å²) in [4.78, 5) is 13.1. The molecule has 1 aromatic heterocycles. The third-order valence-electron chi connectivity index (χ3n) is 2.71. The van der Waals surface area contributed by atoms with Crippen LogP contribution in [0.1, 0.15) is 16.1 Å². The number of aromatic nitrogens is 2. The number of amides is 1. The molecule has 0 aliphatic carbocycles. The third-order valence-corrected chi connectivity index (χ3v) is 2.71. The van der Waals surface area contributed by atoms with Gasteiger partial charge in [-0.2, -0.15) is 5.10 Å². The molecule has 19 heavy (non-hydrogen) atoms. The number of hydrogen-bond acceptors (Lipinski definition) is 3. The van der Waals surface area contributed by atoms with Crippen LogP contribution in [0.2, 0.25) is 0 Å². The molecule has 2 aromatic rings. The van der Waals surface area contributed by atoms with Crippen LogP contribution in [0, 0.1) is 5.82 Å². The maximum absolute atomic E-state index is 13.9. The molecule has 2 N–H and O–H groups in total. The molecule has 0 saturated carbocycles. The molecule has 0 atom stereocenters. The molecule has 0 fully saturated rings. The van der Waals surface area contributed by atoms with Gasteiger partial charge in [0.25, 0.3) is 5.91 Å². The molecule has 0 unspecified atom stereocenters. The Hall–Kier alpha value is -2.21. The Morgan fingerprint density at radius 2 is 2.16 bits per heavy atom. The largest absolute Gasteiger partial charge is 0.343 e. The average Bonchev–Trinajstić information content (AvgIpc) is 2.86. The van der Waals surface area contributed by atoms with Gasteiger partial charge in [0.05, 0.1) is 0 Å². The van der Waals surface area contributed by atoms with Gasteiger partial charge in [0.2, 0.25) is 0 Å². The van der Waals surface area contributed by atoms with Gasteiger partial charge in [-0.15, -0.1) is 0 Å². The zero-order valence-corrected chi connectivity index (χ0v) is 10.8. The van der Waals surface area contributed by atoms with Crippen molar-refractivity contribution in [2.45, 2.75) is 6.54 Å². The lowest BCUT2D eigenvalue weighted by atomic mass is 10.2. The number of nitrogens with two attached hydrogens (primary N) is 1. The zero-order valence-electron chi connectivity index (χ0n) is 10.8. The monoisotopic (exact) mass is 262 g/mol. The van der Waals surface area contributed by atoms with Crippen molar-refractivity contribution in [3.8, 4) is 5.69 Å². The van der Waals surface area contributed by atoms with E-state index in [1.807, 2.05) is 0 Å². The Bertz CT molecular complexity index is 606. The third kappa shape index (κ3) is 2.63. The Balaban J connectivity index is 2.35. The minimum Gasteiger partial charge on any atom is -0.343 e. The fraction of sp³-hybridized carbons (Fsp3) is 0.231. The van der Waals surface area contributed by atoms with Crippen molar-refractivity contribution < 1.29 is 9.18 Å². The van der Waals surface area contributed by atoms with E-state index in [0.29, 0.717) is 5.56 Å². The second-order valence-corrected chi connectivity index (χ2v) is 4.34. The summed E-state index contributed by atoms with van der Waals surface area (Å²) in [7, 11) is 3.27. The smallest absolute Gasteiger partial charge is 0.273 e. The summed E-state index contributed by atoms with van der Waals surface area (Å²) in [5.41, 5.74) is 6.71. The van der Waals surface area contributed by atoms with Gasteiger partial charge in [-0.05, 0) is 23.8 Å². The minimum absolute atomic E-state index is 0.224. The predicted octanol–water partition coefficient (Wildman–Crippen LogP) is 1.17. The van der Waals surface area contributed by atoms with E-state index < -0.39 is 5.82 Å². The molecule has 0 aliphatic heterocycles. The number of carbonyl (C=O) groups is 1. The minimum atomic E-state index is -0.421. The van der Waals surface area contributed by atoms with Crippen molar-refractivity contribution in [2.75, 3.05) is 14.1 Å². The fourth-order valence-electron chi connectivity index (χ4n) is 1.66. The maximum Gasteiger partial charge on any atom is 0.273 e. The molecule has 0 bridgehead atoms. The van der Waals surface area contributed by atoms with Crippen molar-refractivity contribution >= 4 is 5.91 Å². The van der Waals surface area contributed by atoms with Crippen molar-refractivity contribution in [3.63, 3.8) is 0 Å². The summed E-state index contributed by atoms with van der Waals surface area (Å²) in [5.74, 6) is -0.646. The van der Waals surface area contributed by atoms with Gasteiger partial charge in [-0.3, -0.25) is 4.79 Å². The Morgan fingerprint density at radius 1 is 1.42 bits per heavy atom. The van der Waals surface area contributed by atoms with Gasteiger partial charge < -0.3 is 10.6 Å². The van der Waals surface area contributed by atoms with Gasteiger partial charge >= 0.3 is 0 Å². The predicted molar refractivity (Wildman–Crippen MR) is 69.4 cm³/mol. The van der Waals surface area contributed by atoms with Crippen molar-refractivity contribution in [1.29, 1.82) is 0 Å². The molecule has 5 nitrogen and oxygen atoms in total. The van der Waals surface area contributed by atoms with Crippen LogP contribution in [0.15, 0.2) is 30.5 Å². The Labute approximate surface area is 110 Å². The summed E-state index contributed by atoms with van der Waals surface area (Å²) in [6, 6.07) is 6.24. The molecule has 1 amide bonds. The molecule has 100 valence electrons. The lowest BCUT2D eigenvalue weighted by Crippen LogP contribution is -2.22. The van der Waals surface area contributed by atoms with Crippen LogP contribution in [0.4, 0.5) is 4.39 Å². The Kier molecular flexibility index (Phi) is 3.62. The number of hydrogen-bond donors (Lipinski definition) is 1. The van der Waals surface area contributed by atoms with E-state index in [1.165, 1.54) is 15.6 Å². The highest BCUT2D eigenvalue weighted by atomic mass is 19.1. The highest BCUT2D eigenvalue weighted by Crippen LogP contribution is 2.15.